The minimum absolute atomic E-state index is 0.109. The molecule has 1 aromatic rings. The molecule has 1 aromatic carbocycles. The molecule has 3 heteroatoms. The van der Waals surface area contributed by atoms with Crippen LogP contribution in [0.3, 0.4) is 0 Å². The molecule has 16 heavy (non-hydrogen) atoms. The van der Waals surface area contributed by atoms with Crippen LogP contribution in [0.5, 0.6) is 5.75 Å². The van der Waals surface area contributed by atoms with E-state index < -0.39 is 0 Å². The molecule has 1 aliphatic rings. The molecule has 0 saturated heterocycles. The molecular weight excluding hydrogens is 205 g/mol. The summed E-state index contributed by atoms with van der Waals surface area (Å²) in [6.07, 6.45) is 5.60. The Hall–Kier alpha value is -1.56. The largest absolute Gasteiger partial charge is 0.487 e. The monoisotopic (exact) mass is 219 g/mol. The first-order valence-corrected chi connectivity index (χ1v) is 5.66. The van der Waals surface area contributed by atoms with E-state index >= 15 is 0 Å². The second kappa shape index (κ2) is 4.98. The zero-order valence-electron chi connectivity index (χ0n) is 9.08. The van der Waals surface area contributed by atoms with Gasteiger partial charge in [0, 0.05) is 6.07 Å². The predicted molar refractivity (Wildman–Crippen MR) is 58.6 cm³/mol. The summed E-state index contributed by atoms with van der Waals surface area (Å²) >= 11 is 0. The molecule has 0 aromatic heterocycles. The van der Waals surface area contributed by atoms with Crippen LogP contribution in [0.1, 0.15) is 37.7 Å². The average molecular weight is 219 g/mol. The van der Waals surface area contributed by atoms with Crippen LogP contribution < -0.4 is 4.74 Å². The Bertz CT molecular complexity index is 405. The van der Waals surface area contributed by atoms with E-state index in [4.69, 9.17) is 10.00 Å². The van der Waals surface area contributed by atoms with Crippen molar-refractivity contribution in [1.82, 2.24) is 0 Å². The molecule has 2 rings (SSSR count). The van der Waals surface area contributed by atoms with Gasteiger partial charge >= 0.3 is 0 Å². The highest BCUT2D eigenvalue weighted by molar-refractivity contribution is 5.37. The van der Waals surface area contributed by atoms with Crippen molar-refractivity contribution in [2.24, 2.45) is 0 Å². The number of hydrogen-bond donors (Lipinski definition) is 0. The number of hydrogen-bond acceptors (Lipinski definition) is 2. The highest BCUT2D eigenvalue weighted by Crippen LogP contribution is 2.25. The van der Waals surface area contributed by atoms with Crippen LogP contribution in [0, 0.1) is 17.1 Å². The molecule has 1 saturated carbocycles. The number of benzene rings is 1. The molecule has 1 fully saturated rings. The maximum absolute atomic E-state index is 13.4. The highest BCUT2D eigenvalue weighted by Gasteiger charge is 2.16. The van der Waals surface area contributed by atoms with Crippen molar-refractivity contribution in [3.63, 3.8) is 0 Å². The van der Waals surface area contributed by atoms with Gasteiger partial charge in [-0.2, -0.15) is 5.26 Å². The molecule has 0 spiro atoms. The van der Waals surface area contributed by atoms with Crippen LogP contribution >= 0.6 is 0 Å². The summed E-state index contributed by atoms with van der Waals surface area (Å²) < 4.78 is 19.0. The van der Waals surface area contributed by atoms with Crippen LogP contribution in [0.2, 0.25) is 0 Å². The Labute approximate surface area is 94.7 Å². The first-order valence-electron chi connectivity index (χ1n) is 5.66. The summed E-state index contributed by atoms with van der Waals surface area (Å²) in [5.41, 5.74) is 0.437. The summed E-state index contributed by atoms with van der Waals surface area (Å²) in [5.74, 6) is -0.171. The van der Waals surface area contributed by atoms with Crippen LogP contribution in [-0.2, 0) is 0 Å². The minimum atomic E-state index is -0.385. The Morgan fingerprint density at radius 2 is 2.00 bits per heavy atom. The van der Waals surface area contributed by atoms with E-state index in [-0.39, 0.29) is 17.7 Å². The summed E-state index contributed by atoms with van der Waals surface area (Å²) in [6.45, 7) is 0. The summed E-state index contributed by atoms with van der Waals surface area (Å²) in [6, 6.07) is 6.21. The first-order chi connectivity index (χ1) is 7.79. The van der Waals surface area contributed by atoms with Crippen molar-refractivity contribution >= 4 is 0 Å². The number of rotatable bonds is 2. The lowest BCUT2D eigenvalue weighted by Crippen LogP contribution is -2.20. The van der Waals surface area contributed by atoms with Gasteiger partial charge in [0.25, 0.3) is 0 Å². The zero-order valence-corrected chi connectivity index (χ0v) is 9.08. The Balaban J connectivity index is 2.10. The standard InChI is InChI=1S/C13H14FNO/c14-12-7-6-10(9-15)8-13(12)16-11-4-2-1-3-5-11/h6-8,11H,1-5H2. The lowest BCUT2D eigenvalue weighted by Gasteiger charge is -2.23. The Morgan fingerprint density at radius 1 is 1.25 bits per heavy atom. The van der Waals surface area contributed by atoms with E-state index in [0.717, 1.165) is 25.7 Å². The molecule has 0 bridgehead atoms. The summed E-state index contributed by atoms with van der Waals surface area (Å²) in [4.78, 5) is 0. The molecule has 0 atom stereocenters. The molecule has 0 unspecified atom stereocenters. The summed E-state index contributed by atoms with van der Waals surface area (Å²) in [5, 5.41) is 8.73. The van der Waals surface area contributed by atoms with Crippen LogP contribution in [-0.4, -0.2) is 6.10 Å². The molecule has 0 aliphatic heterocycles. The van der Waals surface area contributed by atoms with Crippen molar-refractivity contribution in [2.45, 2.75) is 38.2 Å². The fraction of sp³-hybridized carbons (Fsp3) is 0.462. The SMILES string of the molecule is N#Cc1ccc(F)c(OC2CCCCC2)c1. The highest BCUT2D eigenvalue weighted by atomic mass is 19.1. The molecule has 0 amide bonds. The third-order valence-electron chi connectivity index (χ3n) is 2.91. The predicted octanol–water partition coefficient (Wildman–Crippen LogP) is 3.41. The van der Waals surface area contributed by atoms with Crippen LogP contribution in [0.15, 0.2) is 18.2 Å². The molecule has 0 radical (unpaired) electrons. The van der Waals surface area contributed by atoms with Crippen molar-refractivity contribution in [3.8, 4) is 11.8 Å². The summed E-state index contributed by atoms with van der Waals surface area (Å²) in [7, 11) is 0. The third-order valence-corrected chi connectivity index (χ3v) is 2.91. The van der Waals surface area contributed by atoms with Gasteiger partial charge in [-0.3, -0.25) is 0 Å². The van der Waals surface area contributed by atoms with E-state index in [0.29, 0.717) is 5.56 Å². The van der Waals surface area contributed by atoms with Gasteiger partial charge in [0.05, 0.1) is 17.7 Å². The van der Waals surface area contributed by atoms with Gasteiger partial charge in [-0.25, -0.2) is 4.39 Å². The van der Waals surface area contributed by atoms with Gasteiger partial charge in [0.15, 0.2) is 11.6 Å². The zero-order chi connectivity index (χ0) is 11.4. The fourth-order valence-electron chi connectivity index (χ4n) is 2.03. The van der Waals surface area contributed by atoms with Gasteiger partial charge in [-0.05, 0) is 37.8 Å². The van der Waals surface area contributed by atoms with Crippen LogP contribution in [0.4, 0.5) is 4.39 Å². The molecule has 1 aliphatic carbocycles. The third kappa shape index (κ3) is 2.52. The smallest absolute Gasteiger partial charge is 0.165 e. The molecule has 0 N–H and O–H groups in total. The van der Waals surface area contributed by atoms with E-state index in [1.54, 1.807) is 0 Å². The second-order valence-corrected chi connectivity index (χ2v) is 4.13. The van der Waals surface area contributed by atoms with E-state index in [2.05, 4.69) is 0 Å². The van der Waals surface area contributed by atoms with E-state index in [9.17, 15) is 4.39 Å². The van der Waals surface area contributed by atoms with E-state index in [1.807, 2.05) is 6.07 Å². The molecule has 84 valence electrons. The van der Waals surface area contributed by atoms with Gasteiger partial charge < -0.3 is 4.74 Å². The second-order valence-electron chi connectivity index (χ2n) is 4.13. The van der Waals surface area contributed by atoms with Crippen LogP contribution in [0.25, 0.3) is 0 Å². The Kier molecular flexibility index (Phi) is 3.40. The van der Waals surface area contributed by atoms with E-state index in [1.165, 1.54) is 24.6 Å². The molecular formula is C13H14FNO. The van der Waals surface area contributed by atoms with Crippen molar-refractivity contribution in [1.29, 1.82) is 5.26 Å². The fourth-order valence-corrected chi connectivity index (χ4v) is 2.03. The van der Waals surface area contributed by atoms with Gasteiger partial charge in [0.2, 0.25) is 0 Å². The normalized spacial score (nSPS) is 16.8. The minimum Gasteiger partial charge on any atom is -0.487 e. The quantitative estimate of drug-likeness (QED) is 0.763. The maximum Gasteiger partial charge on any atom is 0.165 e. The molecule has 2 nitrogen and oxygen atoms in total. The topological polar surface area (TPSA) is 33.0 Å². The number of nitriles is 1. The van der Waals surface area contributed by atoms with Gasteiger partial charge in [0.1, 0.15) is 0 Å². The van der Waals surface area contributed by atoms with Gasteiger partial charge in [-0.1, -0.05) is 6.42 Å². The first kappa shape index (κ1) is 10.9. The van der Waals surface area contributed by atoms with Crippen molar-refractivity contribution < 1.29 is 9.13 Å². The number of nitrogens with zero attached hydrogens (tertiary/aromatic N) is 1. The lowest BCUT2D eigenvalue weighted by molar-refractivity contribution is 0.148. The Morgan fingerprint density at radius 3 is 2.69 bits per heavy atom. The molecule has 0 heterocycles. The number of halogens is 1. The van der Waals surface area contributed by atoms with Crippen molar-refractivity contribution in [2.75, 3.05) is 0 Å². The maximum atomic E-state index is 13.4. The van der Waals surface area contributed by atoms with Gasteiger partial charge in [-0.15, -0.1) is 0 Å². The lowest BCUT2D eigenvalue weighted by atomic mass is 9.98. The average Bonchev–Trinajstić information content (AvgIpc) is 2.33. The van der Waals surface area contributed by atoms with Crippen molar-refractivity contribution in [3.05, 3.63) is 29.6 Å². The number of ether oxygens (including phenoxy) is 1.